The molecule has 0 heterocycles. The van der Waals surface area contributed by atoms with E-state index in [0.29, 0.717) is 0 Å². The minimum atomic E-state index is -1.99. The average Bonchev–Trinajstić information content (AvgIpc) is 2.05. The van der Waals surface area contributed by atoms with Crippen LogP contribution in [0.3, 0.4) is 0 Å². The molecule has 0 aliphatic carbocycles. The van der Waals surface area contributed by atoms with Gasteiger partial charge < -0.3 is 5.73 Å². The molecule has 12 heavy (non-hydrogen) atoms. The number of amides is 1. The molecule has 0 saturated carbocycles. The second-order valence-corrected chi connectivity index (χ2v) is 1.84. The maximum atomic E-state index is 10.8. The molecule has 7 heteroatoms. The number of carbonyl (C=O) groups is 1. The Morgan fingerprint density at radius 1 is 1.42 bits per heavy atom. The zero-order valence-corrected chi connectivity index (χ0v) is 5.98. The molecular weight excluding hydrogens is 164 g/mol. The van der Waals surface area contributed by atoms with Crippen LogP contribution in [0.15, 0.2) is 9.98 Å². The van der Waals surface area contributed by atoms with Crippen molar-refractivity contribution in [2.24, 2.45) is 21.5 Å². The van der Waals surface area contributed by atoms with Crippen LogP contribution in [0.5, 0.6) is 0 Å². The summed E-state index contributed by atoms with van der Waals surface area (Å²) in [4.78, 5) is 35.8. The fourth-order valence-corrected chi connectivity index (χ4v) is 0.400. The van der Waals surface area contributed by atoms with Gasteiger partial charge in [-0.25, -0.2) is 9.59 Å². The van der Waals surface area contributed by atoms with Crippen molar-refractivity contribution in [3.05, 3.63) is 0 Å². The van der Waals surface area contributed by atoms with E-state index < -0.39 is 18.1 Å². The molecule has 0 spiro atoms. The normalized spacial score (nSPS) is 13.5. The van der Waals surface area contributed by atoms with Crippen LogP contribution in [0.1, 0.15) is 0 Å². The summed E-state index contributed by atoms with van der Waals surface area (Å²) in [6, 6.07) is 0. The third-order valence-corrected chi connectivity index (χ3v) is 1.07. The van der Waals surface area contributed by atoms with Crippen LogP contribution in [-0.4, -0.2) is 30.3 Å². The number of aliphatic imine (C=N–C) groups is 2. The predicted octanol–water partition coefficient (Wildman–Crippen LogP) is -2.20. The average molecular weight is 170 g/mol. The number of hydrogen-bond donors (Lipinski definition) is 2. The van der Waals surface area contributed by atoms with Crippen LogP contribution in [0.2, 0.25) is 0 Å². The predicted molar refractivity (Wildman–Crippen MR) is 37.2 cm³/mol. The molecule has 0 bridgehead atoms. The summed E-state index contributed by atoms with van der Waals surface area (Å²) in [5.41, 5.74) is 8.19. The lowest BCUT2D eigenvalue weighted by Crippen LogP contribution is -2.51. The van der Waals surface area contributed by atoms with Crippen LogP contribution >= 0.6 is 0 Å². The monoisotopic (exact) mass is 170 g/mol. The fourth-order valence-electron chi connectivity index (χ4n) is 0.400. The number of rotatable bonds is 3. The molecule has 0 aliphatic rings. The minimum absolute atomic E-state index is 0.438. The lowest BCUT2D eigenvalue weighted by atomic mass is 10.2. The summed E-state index contributed by atoms with van der Waals surface area (Å²) in [6.45, 7) is -0.438. The quantitative estimate of drug-likeness (QED) is 0.366. The zero-order valence-electron chi connectivity index (χ0n) is 5.98. The molecule has 1 atom stereocenters. The van der Waals surface area contributed by atoms with Crippen LogP contribution in [0.25, 0.3) is 0 Å². The van der Waals surface area contributed by atoms with Gasteiger partial charge in [-0.15, -0.1) is 4.99 Å². The van der Waals surface area contributed by atoms with Gasteiger partial charge in [0.25, 0.3) is 0 Å². The molecule has 0 aliphatic heterocycles. The van der Waals surface area contributed by atoms with Crippen LogP contribution < -0.4 is 11.5 Å². The van der Waals surface area contributed by atoms with E-state index in [-0.39, 0.29) is 0 Å². The first-order valence-electron chi connectivity index (χ1n) is 2.81. The molecule has 0 radical (unpaired) electrons. The highest BCUT2D eigenvalue weighted by Crippen LogP contribution is 2.01. The maximum Gasteiger partial charge on any atom is 0.301 e. The Morgan fingerprint density at radius 2 is 2.00 bits per heavy atom. The third-order valence-electron chi connectivity index (χ3n) is 1.07. The molecule has 0 fully saturated rings. The first kappa shape index (κ1) is 10.3. The SMILES string of the molecule is NCC(N)(N=C=O)C(=O)N=C=O. The van der Waals surface area contributed by atoms with Crippen molar-refractivity contribution in [3.63, 3.8) is 0 Å². The van der Waals surface area contributed by atoms with Gasteiger partial charge in [-0.05, 0) is 0 Å². The third kappa shape index (κ3) is 2.19. The van der Waals surface area contributed by atoms with Crippen LogP contribution in [0.4, 0.5) is 0 Å². The zero-order chi connectivity index (χ0) is 9.61. The van der Waals surface area contributed by atoms with Gasteiger partial charge in [0.05, 0.1) is 0 Å². The first-order valence-corrected chi connectivity index (χ1v) is 2.81. The smallest absolute Gasteiger partial charge is 0.301 e. The summed E-state index contributed by atoms with van der Waals surface area (Å²) in [5.74, 6) is -1.12. The molecular formula is C5H6N4O3. The van der Waals surface area contributed by atoms with E-state index in [2.05, 4.69) is 9.98 Å². The van der Waals surface area contributed by atoms with Gasteiger partial charge >= 0.3 is 5.91 Å². The van der Waals surface area contributed by atoms with E-state index >= 15 is 0 Å². The van der Waals surface area contributed by atoms with E-state index in [4.69, 9.17) is 11.5 Å². The van der Waals surface area contributed by atoms with Gasteiger partial charge in [0.1, 0.15) is 0 Å². The van der Waals surface area contributed by atoms with Crippen molar-refractivity contribution in [2.45, 2.75) is 5.66 Å². The molecule has 0 aromatic rings. The van der Waals surface area contributed by atoms with Crippen LogP contribution in [0, 0.1) is 0 Å². The second-order valence-electron chi connectivity index (χ2n) is 1.84. The lowest BCUT2D eigenvalue weighted by Gasteiger charge is -2.14. The molecule has 0 saturated heterocycles. The van der Waals surface area contributed by atoms with Crippen molar-refractivity contribution in [1.29, 1.82) is 0 Å². The van der Waals surface area contributed by atoms with E-state index in [1.165, 1.54) is 0 Å². The molecule has 0 rings (SSSR count). The maximum absolute atomic E-state index is 10.8. The highest BCUT2D eigenvalue weighted by atomic mass is 16.2. The number of carbonyl (C=O) groups excluding carboxylic acids is 3. The summed E-state index contributed by atoms with van der Waals surface area (Å²) in [6.07, 6.45) is 2.02. The van der Waals surface area contributed by atoms with Gasteiger partial charge in [0.15, 0.2) is 0 Å². The van der Waals surface area contributed by atoms with E-state index in [0.717, 1.165) is 12.2 Å². The largest absolute Gasteiger partial charge is 0.327 e. The second kappa shape index (κ2) is 4.27. The van der Waals surface area contributed by atoms with Crippen molar-refractivity contribution >= 4 is 18.1 Å². The molecule has 1 unspecified atom stereocenters. The van der Waals surface area contributed by atoms with E-state index in [1.54, 1.807) is 0 Å². The standard InChI is InChI=1S/C5H6N4O3/c6-1-5(7,9-3-11)4(12)8-2-10/h1,6-7H2. The number of nitrogens with two attached hydrogens (primary N) is 2. The number of hydrogen-bond acceptors (Lipinski definition) is 6. The topological polar surface area (TPSA) is 128 Å². The Bertz CT molecular complexity index is 276. The van der Waals surface area contributed by atoms with E-state index in [9.17, 15) is 14.4 Å². The van der Waals surface area contributed by atoms with Crippen molar-refractivity contribution in [3.8, 4) is 0 Å². The van der Waals surface area contributed by atoms with Crippen molar-refractivity contribution < 1.29 is 14.4 Å². The van der Waals surface area contributed by atoms with Crippen LogP contribution in [-0.2, 0) is 14.4 Å². The van der Waals surface area contributed by atoms with Crippen molar-refractivity contribution in [2.75, 3.05) is 6.54 Å². The Morgan fingerprint density at radius 3 is 2.33 bits per heavy atom. The molecule has 1 amide bonds. The summed E-state index contributed by atoms with van der Waals surface area (Å²) >= 11 is 0. The molecule has 0 aromatic heterocycles. The summed E-state index contributed by atoms with van der Waals surface area (Å²) < 4.78 is 0. The first-order chi connectivity index (χ1) is 5.60. The Balaban J connectivity index is 4.86. The number of nitrogens with zero attached hydrogens (tertiary/aromatic N) is 2. The molecule has 64 valence electrons. The molecule has 0 aromatic carbocycles. The highest BCUT2D eigenvalue weighted by molar-refractivity contribution is 5.90. The van der Waals surface area contributed by atoms with Gasteiger partial charge in [-0.1, -0.05) is 0 Å². The fraction of sp³-hybridized carbons (Fsp3) is 0.400. The summed E-state index contributed by atoms with van der Waals surface area (Å²) in [5, 5.41) is 0. The number of isocyanates is 2. The van der Waals surface area contributed by atoms with Gasteiger partial charge in [0.2, 0.25) is 17.8 Å². The van der Waals surface area contributed by atoms with E-state index in [1.807, 2.05) is 0 Å². The highest BCUT2D eigenvalue weighted by Gasteiger charge is 2.32. The lowest BCUT2D eigenvalue weighted by molar-refractivity contribution is -0.122. The summed E-state index contributed by atoms with van der Waals surface area (Å²) in [7, 11) is 0. The molecule has 4 N–H and O–H groups in total. The van der Waals surface area contributed by atoms with Crippen molar-refractivity contribution in [1.82, 2.24) is 0 Å². The Kier molecular flexibility index (Phi) is 3.69. The van der Waals surface area contributed by atoms with Gasteiger partial charge in [-0.3, -0.25) is 10.5 Å². The molecule has 7 nitrogen and oxygen atoms in total. The Labute approximate surface area is 67.2 Å². The van der Waals surface area contributed by atoms with Gasteiger partial charge in [0, 0.05) is 6.54 Å². The Hall–Kier alpha value is -1.65. The van der Waals surface area contributed by atoms with Gasteiger partial charge in [-0.2, -0.15) is 4.99 Å². The minimum Gasteiger partial charge on any atom is -0.327 e.